The van der Waals surface area contributed by atoms with Gasteiger partial charge in [-0.3, -0.25) is 0 Å². The Labute approximate surface area is 101 Å². The maximum atomic E-state index is 7.24. The van der Waals surface area contributed by atoms with Crippen molar-refractivity contribution in [1.29, 1.82) is 5.41 Å². The molecule has 0 bridgehead atoms. The van der Waals surface area contributed by atoms with E-state index in [1.165, 1.54) is 18.0 Å². The van der Waals surface area contributed by atoms with Gasteiger partial charge in [0.1, 0.15) is 0 Å². The van der Waals surface area contributed by atoms with E-state index in [2.05, 4.69) is 12.1 Å². The van der Waals surface area contributed by atoms with Crippen molar-refractivity contribution in [1.82, 2.24) is 0 Å². The van der Waals surface area contributed by atoms with Crippen LogP contribution in [0.1, 0.15) is 5.56 Å². The minimum Gasteiger partial charge on any atom is -0.404 e. The molecule has 0 heterocycles. The number of hydrogen-bond acceptors (Lipinski definition) is 2. The number of hydrogen-bond donors (Lipinski definition) is 2. The van der Waals surface area contributed by atoms with Crippen LogP contribution in [0.4, 0.5) is 0 Å². The predicted octanol–water partition coefficient (Wildman–Crippen LogP) is 3.30. The second kappa shape index (κ2) is 5.12. The summed E-state index contributed by atoms with van der Waals surface area (Å²) in [5.41, 5.74) is 9.49. The first kappa shape index (κ1) is 11.1. The second-order valence-corrected chi connectivity index (χ2v) is 3.71. The minimum absolute atomic E-state index is 0.726. The first-order chi connectivity index (χ1) is 8.35. The van der Waals surface area contributed by atoms with Crippen molar-refractivity contribution in [2.45, 2.75) is 0 Å². The Morgan fingerprint density at radius 1 is 0.882 bits per heavy atom. The molecule has 0 radical (unpaired) electrons. The molecule has 0 saturated carbocycles. The maximum absolute atomic E-state index is 7.24. The van der Waals surface area contributed by atoms with Gasteiger partial charge in [0.15, 0.2) is 0 Å². The van der Waals surface area contributed by atoms with E-state index in [9.17, 15) is 0 Å². The summed E-state index contributed by atoms with van der Waals surface area (Å²) in [4.78, 5) is 0. The molecular formula is C15H14N2. The van der Waals surface area contributed by atoms with Crippen LogP contribution in [-0.4, -0.2) is 6.21 Å². The summed E-state index contributed by atoms with van der Waals surface area (Å²) in [5.74, 6) is 0. The van der Waals surface area contributed by atoms with Gasteiger partial charge in [0.05, 0.1) is 0 Å². The van der Waals surface area contributed by atoms with Crippen molar-refractivity contribution in [2.24, 2.45) is 5.73 Å². The van der Waals surface area contributed by atoms with E-state index in [1.54, 1.807) is 0 Å². The monoisotopic (exact) mass is 222 g/mol. The molecule has 2 heteroatoms. The fourth-order valence-corrected chi connectivity index (χ4v) is 1.71. The predicted molar refractivity (Wildman–Crippen MR) is 72.8 cm³/mol. The molecule has 2 aromatic carbocycles. The fourth-order valence-electron chi connectivity index (χ4n) is 1.71. The average Bonchev–Trinajstić information content (AvgIpc) is 2.42. The Kier molecular flexibility index (Phi) is 3.36. The molecule has 0 amide bonds. The number of allylic oxidation sites excluding steroid dienone is 1. The van der Waals surface area contributed by atoms with E-state index in [0.717, 1.165) is 16.7 Å². The van der Waals surface area contributed by atoms with Crippen LogP contribution in [0.3, 0.4) is 0 Å². The van der Waals surface area contributed by atoms with E-state index in [0.29, 0.717) is 0 Å². The van der Waals surface area contributed by atoms with Crippen molar-refractivity contribution < 1.29 is 0 Å². The molecule has 3 N–H and O–H groups in total. The molecule has 2 rings (SSSR count). The lowest BCUT2D eigenvalue weighted by atomic mass is 10.0. The third kappa shape index (κ3) is 2.42. The van der Waals surface area contributed by atoms with E-state index < -0.39 is 0 Å². The van der Waals surface area contributed by atoms with Gasteiger partial charge in [-0.2, -0.15) is 0 Å². The minimum atomic E-state index is 0.726. The largest absolute Gasteiger partial charge is 0.404 e. The first-order valence-electron chi connectivity index (χ1n) is 5.43. The number of nitrogens with two attached hydrogens (primary N) is 1. The van der Waals surface area contributed by atoms with E-state index >= 15 is 0 Å². The summed E-state index contributed by atoms with van der Waals surface area (Å²) in [5, 5.41) is 7.24. The quantitative estimate of drug-likeness (QED) is 0.769. The molecule has 17 heavy (non-hydrogen) atoms. The van der Waals surface area contributed by atoms with Gasteiger partial charge in [-0.25, -0.2) is 0 Å². The standard InChI is InChI=1S/C15H14N2/c16-10-15(11-17)14-8-6-13(7-9-14)12-4-2-1-3-5-12/h1-11,16H,17H2/b15-11+,16-10?. The second-order valence-electron chi connectivity index (χ2n) is 3.71. The lowest BCUT2D eigenvalue weighted by molar-refractivity contribution is 1.53. The summed E-state index contributed by atoms with van der Waals surface area (Å²) in [6, 6.07) is 18.2. The average molecular weight is 222 g/mol. The zero-order valence-electron chi connectivity index (χ0n) is 9.43. The molecule has 0 saturated heterocycles. The van der Waals surface area contributed by atoms with Crippen LogP contribution in [0, 0.1) is 5.41 Å². The highest BCUT2D eigenvalue weighted by molar-refractivity contribution is 6.08. The fraction of sp³-hybridized carbons (Fsp3) is 0. The third-order valence-corrected chi connectivity index (χ3v) is 2.66. The normalized spacial score (nSPS) is 11.2. The summed E-state index contributed by atoms with van der Waals surface area (Å²) < 4.78 is 0. The van der Waals surface area contributed by atoms with Gasteiger partial charge in [0.2, 0.25) is 0 Å². The van der Waals surface area contributed by atoms with Crippen molar-refractivity contribution >= 4 is 11.8 Å². The summed E-state index contributed by atoms with van der Waals surface area (Å²) in [6.45, 7) is 0. The van der Waals surface area contributed by atoms with Gasteiger partial charge in [0.25, 0.3) is 0 Å². The van der Waals surface area contributed by atoms with Gasteiger partial charge >= 0.3 is 0 Å². The SMILES string of the molecule is N=C/C(=C\N)c1ccc(-c2ccccc2)cc1. The van der Waals surface area contributed by atoms with Crippen LogP contribution >= 0.6 is 0 Å². The molecule has 0 aliphatic heterocycles. The van der Waals surface area contributed by atoms with Gasteiger partial charge < -0.3 is 11.1 Å². The van der Waals surface area contributed by atoms with Crippen molar-refractivity contribution in [3.63, 3.8) is 0 Å². The smallest absolute Gasteiger partial charge is 0.0270 e. The zero-order chi connectivity index (χ0) is 12.1. The van der Waals surface area contributed by atoms with Crippen LogP contribution in [0.5, 0.6) is 0 Å². The molecular weight excluding hydrogens is 208 g/mol. The van der Waals surface area contributed by atoms with Gasteiger partial charge in [-0.1, -0.05) is 54.6 Å². The van der Waals surface area contributed by atoms with E-state index in [-0.39, 0.29) is 0 Å². The zero-order valence-corrected chi connectivity index (χ0v) is 9.43. The van der Waals surface area contributed by atoms with Crippen LogP contribution in [-0.2, 0) is 0 Å². The molecule has 0 spiro atoms. The third-order valence-electron chi connectivity index (χ3n) is 2.66. The highest BCUT2D eigenvalue weighted by Crippen LogP contribution is 2.21. The number of benzene rings is 2. The summed E-state index contributed by atoms with van der Waals surface area (Å²) in [6.07, 6.45) is 2.71. The number of rotatable bonds is 3. The Hall–Kier alpha value is -2.35. The van der Waals surface area contributed by atoms with Crippen molar-refractivity contribution in [3.05, 3.63) is 66.4 Å². The topological polar surface area (TPSA) is 49.9 Å². The molecule has 0 aliphatic rings. The van der Waals surface area contributed by atoms with Crippen molar-refractivity contribution in [2.75, 3.05) is 0 Å². The lowest BCUT2D eigenvalue weighted by Gasteiger charge is -2.04. The summed E-state index contributed by atoms with van der Waals surface area (Å²) >= 11 is 0. The van der Waals surface area contributed by atoms with E-state index in [4.69, 9.17) is 11.1 Å². The molecule has 2 nitrogen and oxygen atoms in total. The lowest BCUT2D eigenvalue weighted by Crippen LogP contribution is -1.90. The highest BCUT2D eigenvalue weighted by Gasteiger charge is 1.99. The molecule has 0 aliphatic carbocycles. The molecule has 0 aromatic heterocycles. The molecule has 2 aromatic rings. The molecule has 84 valence electrons. The van der Waals surface area contributed by atoms with Crippen LogP contribution in [0.2, 0.25) is 0 Å². The highest BCUT2D eigenvalue weighted by atomic mass is 14.5. The van der Waals surface area contributed by atoms with Gasteiger partial charge in [-0.15, -0.1) is 0 Å². The number of nitrogens with one attached hydrogen (secondary N) is 1. The van der Waals surface area contributed by atoms with Gasteiger partial charge in [-0.05, 0) is 16.7 Å². The van der Waals surface area contributed by atoms with E-state index in [1.807, 2.05) is 42.5 Å². The van der Waals surface area contributed by atoms with Gasteiger partial charge in [0, 0.05) is 18.0 Å². The Bertz CT molecular complexity index is 525. The molecule has 0 unspecified atom stereocenters. The van der Waals surface area contributed by atoms with Crippen LogP contribution in [0.15, 0.2) is 60.8 Å². The molecule has 0 fully saturated rings. The Morgan fingerprint density at radius 3 is 2.00 bits per heavy atom. The first-order valence-corrected chi connectivity index (χ1v) is 5.43. The molecule has 0 atom stereocenters. The van der Waals surface area contributed by atoms with Crippen molar-refractivity contribution in [3.8, 4) is 11.1 Å². The Balaban J connectivity index is 2.34. The maximum Gasteiger partial charge on any atom is 0.0270 e. The summed E-state index contributed by atoms with van der Waals surface area (Å²) in [7, 11) is 0. The Morgan fingerprint density at radius 2 is 1.47 bits per heavy atom. The van der Waals surface area contributed by atoms with Crippen LogP contribution in [0.25, 0.3) is 16.7 Å². The van der Waals surface area contributed by atoms with Crippen LogP contribution < -0.4 is 5.73 Å².